The summed E-state index contributed by atoms with van der Waals surface area (Å²) in [5.41, 5.74) is 1.04. The summed E-state index contributed by atoms with van der Waals surface area (Å²) in [7, 11) is 0. The van der Waals surface area contributed by atoms with E-state index in [0.29, 0.717) is 11.1 Å². The standard InChI is InChI=1S/C12H6ClNO/c13-12(15)9-4-5-11-8(6-9)2-1-3-10(11)7-14/h1-6H. The molecule has 0 atom stereocenters. The van der Waals surface area contributed by atoms with E-state index in [2.05, 4.69) is 6.07 Å². The molecule has 0 spiro atoms. The van der Waals surface area contributed by atoms with Gasteiger partial charge in [-0.1, -0.05) is 18.2 Å². The Bertz CT molecular complexity index is 584. The number of halogens is 1. The lowest BCUT2D eigenvalue weighted by Crippen LogP contribution is -1.88. The van der Waals surface area contributed by atoms with Gasteiger partial charge in [-0.15, -0.1) is 0 Å². The molecule has 0 aliphatic heterocycles. The third-order valence-corrected chi connectivity index (χ3v) is 2.45. The second kappa shape index (κ2) is 3.72. The molecule has 0 saturated heterocycles. The zero-order valence-corrected chi connectivity index (χ0v) is 8.45. The van der Waals surface area contributed by atoms with Gasteiger partial charge in [0.15, 0.2) is 0 Å². The van der Waals surface area contributed by atoms with E-state index in [-0.39, 0.29) is 0 Å². The van der Waals surface area contributed by atoms with Crippen molar-refractivity contribution in [3.8, 4) is 6.07 Å². The van der Waals surface area contributed by atoms with E-state index in [1.807, 2.05) is 6.07 Å². The smallest absolute Gasteiger partial charge is 0.252 e. The van der Waals surface area contributed by atoms with Crippen LogP contribution in [0.5, 0.6) is 0 Å². The molecular formula is C12H6ClNO. The summed E-state index contributed by atoms with van der Waals surface area (Å²) < 4.78 is 0. The minimum absolute atomic E-state index is 0.444. The van der Waals surface area contributed by atoms with E-state index in [4.69, 9.17) is 16.9 Å². The molecule has 3 heteroatoms. The highest BCUT2D eigenvalue weighted by Crippen LogP contribution is 2.20. The summed E-state index contributed by atoms with van der Waals surface area (Å²) >= 11 is 5.37. The van der Waals surface area contributed by atoms with Crippen molar-refractivity contribution in [1.29, 1.82) is 5.26 Å². The minimum atomic E-state index is -0.487. The molecule has 0 aliphatic carbocycles. The second-order valence-electron chi connectivity index (χ2n) is 3.13. The van der Waals surface area contributed by atoms with Crippen molar-refractivity contribution >= 4 is 27.6 Å². The number of fused-ring (bicyclic) bond motifs is 1. The molecule has 15 heavy (non-hydrogen) atoms. The van der Waals surface area contributed by atoms with Crippen molar-refractivity contribution < 1.29 is 4.79 Å². The van der Waals surface area contributed by atoms with Crippen molar-refractivity contribution in [3.05, 3.63) is 47.5 Å². The molecule has 0 bridgehead atoms. The molecule has 2 aromatic rings. The Morgan fingerprint density at radius 2 is 2.07 bits per heavy atom. The van der Waals surface area contributed by atoms with Gasteiger partial charge in [-0.25, -0.2) is 0 Å². The molecule has 2 nitrogen and oxygen atoms in total. The van der Waals surface area contributed by atoms with E-state index in [1.165, 1.54) is 0 Å². The summed E-state index contributed by atoms with van der Waals surface area (Å²) in [5.74, 6) is 0. The molecule has 2 rings (SSSR count). The highest BCUT2D eigenvalue weighted by molar-refractivity contribution is 6.67. The maximum absolute atomic E-state index is 10.9. The van der Waals surface area contributed by atoms with E-state index >= 15 is 0 Å². The summed E-state index contributed by atoms with van der Waals surface area (Å²) in [6.07, 6.45) is 0. The summed E-state index contributed by atoms with van der Waals surface area (Å²) in [4.78, 5) is 10.9. The van der Waals surface area contributed by atoms with Crippen molar-refractivity contribution in [1.82, 2.24) is 0 Å². The van der Waals surface area contributed by atoms with Gasteiger partial charge in [0.1, 0.15) is 0 Å². The van der Waals surface area contributed by atoms with Crippen LogP contribution in [0.25, 0.3) is 10.8 Å². The van der Waals surface area contributed by atoms with Crippen molar-refractivity contribution in [2.75, 3.05) is 0 Å². The Kier molecular flexibility index (Phi) is 2.40. The Balaban J connectivity index is 2.76. The van der Waals surface area contributed by atoms with Gasteiger partial charge in [-0.2, -0.15) is 5.26 Å². The number of hydrogen-bond donors (Lipinski definition) is 0. The van der Waals surface area contributed by atoms with Crippen LogP contribution in [-0.4, -0.2) is 5.24 Å². The number of nitrogens with zero attached hydrogens (tertiary/aromatic N) is 1. The van der Waals surface area contributed by atoms with Gasteiger partial charge < -0.3 is 0 Å². The van der Waals surface area contributed by atoms with E-state index in [9.17, 15) is 4.79 Å². The molecule has 0 aliphatic rings. The zero-order chi connectivity index (χ0) is 10.8. The molecular weight excluding hydrogens is 210 g/mol. The number of rotatable bonds is 1. The maximum Gasteiger partial charge on any atom is 0.252 e. The molecule has 0 N–H and O–H groups in total. The van der Waals surface area contributed by atoms with Gasteiger partial charge in [0.05, 0.1) is 11.6 Å². The predicted molar refractivity (Wildman–Crippen MR) is 58.8 cm³/mol. The van der Waals surface area contributed by atoms with Crippen molar-refractivity contribution in [3.63, 3.8) is 0 Å². The van der Waals surface area contributed by atoms with Crippen LogP contribution >= 0.6 is 11.6 Å². The first-order valence-corrected chi connectivity index (χ1v) is 4.73. The van der Waals surface area contributed by atoms with Crippen LogP contribution in [0.1, 0.15) is 15.9 Å². The lowest BCUT2D eigenvalue weighted by atomic mass is 10.0. The average molecular weight is 216 g/mol. The maximum atomic E-state index is 10.9. The monoisotopic (exact) mass is 215 g/mol. The largest absolute Gasteiger partial charge is 0.276 e. The quantitative estimate of drug-likeness (QED) is 0.686. The molecule has 0 fully saturated rings. The Morgan fingerprint density at radius 1 is 1.27 bits per heavy atom. The van der Waals surface area contributed by atoms with E-state index in [0.717, 1.165) is 10.8 Å². The Morgan fingerprint density at radius 3 is 2.73 bits per heavy atom. The highest BCUT2D eigenvalue weighted by Gasteiger charge is 2.04. The first kappa shape index (κ1) is 9.70. The zero-order valence-electron chi connectivity index (χ0n) is 7.70. The number of carbonyl (C=O) groups excluding carboxylic acids is 1. The van der Waals surface area contributed by atoms with E-state index in [1.54, 1.807) is 30.3 Å². The SMILES string of the molecule is N#Cc1cccc2cc(C(=O)Cl)ccc12. The van der Waals surface area contributed by atoms with Gasteiger partial charge >= 0.3 is 0 Å². The molecule has 0 radical (unpaired) electrons. The summed E-state index contributed by atoms with van der Waals surface area (Å²) in [5, 5.41) is 10.1. The molecule has 2 aromatic carbocycles. The third-order valence-electron chi connectivity index (χ3n) is 2.23. The lowest BCUT2D eigenvalue weighted by molar-refractivity contribution is 0.108. The number of hydrogen-bond acceptors (Lipinski definition) is 2. The van der Waals surface area contributed by atoms with Gasteiger partial charge in [-0.3, -0.25) is 4.79 Å². The van der Waals surface area contributed by atoms with Crippen LogP contribution in [0.15, 0.2) is 36.4 Å². The van der Waals surface area contributed by atoms with Crippen LogP contribution in [0.3, 0.4) is 0 Å². The summed E-state index contributed by atoms with van der Waals surface area (Å²) in [6, 6.07) is 12.5. The number of benzene rings is 2. The fraction of sp³-hybridized carbons (Fsp3) is 0. The first-order chi connectivity index (χ1) is 7.22. The molecule has 0 aromatic heterocycles. The fourth-order valence-electron chi connectivity index (χ4n) is 1.50. The van der Waals surface area contributed by atoms with Gasteiger partial charge in [0, 0.05) is 5.56 Å². The van der Waals surface area contributed by atoms with Gasteiger partial charge in [0.2, 0.25) is 0 Å². The number of nitriles is 1. The van der Waals surface area contributed by atoms with Crippen LogP contribution in [-0.2, 0) is 0 Å². The molecule has 0 amide bonds. The van der Waals surface area contributed by atoms with Crippen molar-refractivity contribution in [2.45, 2.75) is 0 Å². The van der Waals surface area contributed by atoms with Crippen LogP contribution in [0.4, 0.5) is 0 Å². The number of carbonyl (C=O) groups is 1. The first-order valence-electron chi connectivity index (χ1n) is 4.35. The third kappa shape index (κ3) is 1.70. The molecule has 0 unspecified atom stereocenters. The minimum Gasteiger partial charge on any atom is -0.276 e. The van der Waals surface area contributed by atoms with E-state index < -0.39 is 5.24 Å². The molecule has 0 heterocycles. The average Bonchev–Trinajstić information content (AvgIpc) is 2.27. The molecule has 72 valence electrons. The van der Waals surface area contributed by atoms with Crippen LogP contribution < -0.4 is 0 Å². The Hall–Kier alpha value is -1.85. The Labute approximate surface area is 91.7 Å². The van der Waals surface area contributed by atoms with Crippen LogP contribution in [0.2, 0.25) is 0 Å². The lowest BCUT2D eigenvalue weighted by Gasteiger charge is -2.00. The second-order valence-corrected chi connectivity index (χ2v) is 3.47. The van der Waals surface area contributed by atoms with Gasteiger partial charge in [0.25, 0.3) is 5.24 Å². The van der Waals surface area contributed by atoms with Crippen molar-refractivity contribution in [2.24, 2.45) is 0 Å². The summed E-state index contributed by atoms with van der Waals surface area (Å²) in [6.45, 7) is 0. The predicted octanol–water partition coefficient (Wildman–Crippen LogP) is 3.09. The molecule has 0 saturated carbocycles. The fourth-order valence-corrected chi connectivity index (χ4v) is 1.62. The topological polar surface area (TPSA) is 40.9 Å². The highest BCUT2D eigenvalue weighted by atomic mass is 35.5. The van der Waals surface area contributed by atoms with Gasteiger partial charge in [-0.05, 0) is 40.6 Å². The normalized spacial score (nSPS) is 9.87. The van der Waals surface area contributed by atoms with Crippen LogP contribution in [0, 0.1) is 11.3 Å².